The highest BCUT2D eigenvalue weighted by molar-refractivity contribution is 6.05. The first-order chi connectivity index (χ1) is 15.1. The van der Waals surface area contributed by atoms with Crippen molar-refractivity contribution in [1.29, 1.82) is 0 Å². The Hall–Kier alpha value is -4.19. The topological polar surface area (TPSA) is 76.1 Å². The number of benzene rings is 3. The average Bonchev–Trinajstić information content (AvgIpc) is 2.81. The number of hydrogen-bond acceptors (Lipinski definition) is 5. The van der Waals surface area contributed by atoms with Gasteiger partial charge < -0.3 is 15.4 Å². The van der Waals surface area contributed by atoms with Crippen LogP contribution in [0.15, 0.2) is 85.2 Å². The maximum Gasteiger partial charge on any atom is 0.255 e. The average molecular weight is 410 g/mol. The van der Waals surface area contributed by atoms with Gasteiger partial charge in [0.05, 0.1) is 12.8 Å². The van der Waals surface area contributed by atoms with Gasteiger partial charge in [0.25, 0.3) is 5.91 Å². The number of carbonyl (C=O) groups excluding carboxylic acids is 1. The number of aromatic nitrogens is 2. The lowest BCUT2D eigenvalue weighted by Crippen LogP contribution is -2.12. The first-order valence-corrected chi connectivity index (χ1v) is 9.83. The predicted octanol–water partition coefficient (Wildman–Crippen LogP) is 5.46. The summed E-state index contributed by atoms with van der Waals surface area (Å²) >= 11 is 0. The van der Waals surface area contributed by atoms with Crippen LogP contribution >= 0.6 is 0 Å². The molecule has 0 unspecified atom stereocenters. The number of nitrogens with one attached hydrogen (secondary N) is 2. The van der Waals surface area contributed by atoms with E-state index >= 15 is 0 Å². The third-order valence-electron chi connectivity index (χ3n) is 4.77. The molecule has 0 aliphatic heterocycles. The number of amides is 1. The molecule has 1 aromatic heterocycles. The maximum atomic E-state index is 12.7. The van der Waals surface area contributed by atoms with Gasteiger partial charge in [0.1, 0.15) is 5.75 Å². The summed E-state index contributed by atoms with van der Waals surface area (Å²) in [6.45, 7) is 2.05. The molecule has 0 saturated carbocycles. The van der Waals surface area contributed by atoms with Crippen molar-refractivity contribution in [2.24, 2.45) is 0 Å². The SMILES string of the molecule is COc1ccccc1NC(=O)c1cccc(Nc2ncc(-c3ccc(C)cc3)cn2)c1. The number of ether oxygens (including phenoxy) is 1. The van der Waals surface area contributed by atoms with Crippen LogP contribution in [-0.2, 0) is 0 Å². The van der Waals surface area contributed by atoms with Crippen molar-refractivity contribution >= 4 is 23.2 Å². The van der Waals surface area contributed by atoms with E-state index in [-0.39, 0.29) is 5.91 Å². The third-order valence-corrected chi connectivity index (χ3v) is 4.77. The van der Waals surface area contributed by atoms with E-state index in [2.05, 4.69) is 39.7 Å². The molecule has 6 heteroatoms. The molecule has 6 nitrogen and oxygen atoms in total. The van der Waals surface area contributed by atoms with Gasteiger partial charge in [-0.1, -0.05) is 48.0 Å². The molecule has 0 saturated heterocycles. The van der Waals surface area contributed by atoms with Crippen molar-refractivity contribution in [3.8, 4) is 16.9 Å². The molecule has 31 heavy (non-hydrogen) atoms. The van der Waals surface area contributed by atoms with E-state index in [0.717, 1.165) is 16.8 Å². The number of carbonyl (C=O) groups is 1. The molecule has 1 amide bonds. The molecule has 0 aliphatic carbocycles. The summed E-state index contributed by atoms with van der Waals surface area (Å²) < 4.78 is 5.29. The molecular weight excluding hydrogens is 388 g/mol. The Labute approximate surface area is 181 Å². The first-order valence-electron chi connectivity index (χ1n) is 9.83. The third kappa shape index (κ3) is 4.87. The Kier molecular flexibility index (Phi) is 5.89. The molecule has 3 aromatic carbocycles. The summed E-state index contributed by atoms with van der Waals surface area (Å²) in [6.07, 6.45) is 3.55. The maximum absolute atomic E-state index is 12.7. The lowest BCUT2D eigenvalue weighted by Gasteiger charge is -2.11. The van der Waals surface area contributed by atoms with Crippen LogP contribution in [0.4, 0.5) is 17.3 Å². The molecule has 0 fully saturated rings. The zero-order valence-electron chi connectivity index (χ0n) is 17.3. The van der Waals surface area contributed by atoms with Crippen LogP contribution in [0, 0.1) is 6.92 Å². The highest BCUT2D eigenvalue weighted by atomic mass is 16.5. The van der Waals surface area contributed by atoms with Gasteiger partial charge in [-0.2, -0.15) is 0 Å². The van der Waals surface area contributed by atoms with Gasteiger partial charge in [-0.3, -0.25) is 4.79 Å². The van der Waals surface area contributed by atoms with Gasteiger partial charge in [-0.05, 0) is 42.8 Å². The van der Waals surface area contributed by atoms with Crippen molar-refractivity contribution in [3.05, 3.63) is 96.3 Å². The summed E-state index contributed by atoms with van der Waals surface area (Å²) in [5.41, 5.74) is 5.05. The minimum atomic E-state index is -0.233. The van der Waals surface area contributed by atoms with E-state index in [0.29, 0.717) is 22.9 Å². The van der Waals surface area contributed by atoms with E-state index in [9.17, 15) is 4.79 Å². The molecule has 0 radical (unpaired) electrons. The summed E-state index contributed by atoms with van der Waals surface area (Å²) in [4.78, 5) is 21.5. The summed E-state index contributed by atoms with van der Waals surface area (Å²) in [6, 6.07) is 22.7. The number of aryl methyl sites for hydroxylation is 1. The molecule has 0 bridgehead atoms. The highest BCUT2D eigenvalue weighted by Crippen LogP contribution is 2.24. The Morgan fingerprint density at radius 3 is 2.35 bits per heavy atom. The molecule has 0 atom stereocenters. The van der Waals surface area contributed by atoms with Crippen molar-refractivity contribution in [3.63, 3.8) is 0 Å². The molecule has 4 aromatic rings. The molecular formula is C25H22N4O2. The molecule has 0 spiro atoms. The predicted molar refractivity (Wildman–Crippen MR) is 123 cm³/mol. The van der Waals surface area contributed by atoms with Gasteiger partial charge in [-0.25, -0.2) is 9.97 Å². The van der Waals surface area contributed by atoms with Crippen LogP contribution in [0.3, 0.4) is 0 Å². The van der Waals surface area contributed by atoms with E-state index in [4.69, 9.17) is 4.74 Å². The highest BCUT2D eigenvalue weighted by Gasteiger charge is 2.10. The van der Waals surface area contributed by atoms with Gasteiger partial charge in [-0.15, -0.1) is 0 Å². The normalized spacial score (nSPS) is 10.4. The molecule has 2 N–H and O–H groups in total. The largest absolute Gasteiger partial charge is 0.495 e. The fourth-order valence-corrected chi connectivity index (χ4v) is 3.10. The number of hydrogen-bond donors (Lipinski definition) is 2. The lowest BCUT2D eigenvalue weighted by atomic mass is 10.1. The number of nitrogens with zero attached hydrogens (tertiary/aromatic N) is 2. The van der Waals surface area contributed by atoms with E-state index in [1.165, 1.54) is 5.56 Å². The fourth-order valence-electron chi connectivity index (χ4n) is 3.10. The number of rotatable bonds is 6. The minimum Gasteiger partial charge on any atom is -0.495 e. The molecule has 154 valence electrons. The minimum absolute atomic E-state index is 0.233. The monoisotopic (exact) mass is 410 g/mol. The van der Waals surface area contributed by atoms with Crippen LogP contribution in [0.5, 0.6) is 5.75 Å². The van der Waals surface area contributed by atoms with Gasteiger partial charge in [0, 0.05) is 29.2 Å². The first kappa shape index (κ1) is 20.1. The zero-order valence-corrected chi connectivity index (χ0v) is 17.3. The molecule has 4 rings (SSSR count). The summed E-state index contributed by atoms with van der Waals surface area (Å²) in [7, 11) is 1.57. The second-order valence-electron chi connectivity index (χ2n) is 7.02. The van der Waals surface area contributed by atoms with Crippen molar-refractivity contribution < 1.29 is 9.53 Å². The summed E-state index contributed by atoms with van der Waals surface area (Å²) in [5.74, 6) is 0.828. The van der Waals surface area contributed by atoms with E-state index in [1.54, 1.807) is 49.8 Å². The second-order valence-corrected chi connectivity index (χ2v) is 7.02. The second kappa shape index (κ2) is 9.09. The van der Waals surface area contributed by atoms with Crippen LogP contribution in [0.25, 0.3) is 11.1 Å². The molecule has 1 heterocycles. The van der Waals surface area contributed by atoms with Gasteiger partial charge >= 0.3 is 0 Å². The van der Waals surface area contributed by atoms with E-state index < -0.39 is 0 Å². The van der Waals surface area contributed by atoms with Gasteiger partial charge in [0.2, 0.25) is 5.95 Å². The van der Waals surface area contributed by atoms with Crippen molar-refractivity contribution in [2.45, 2.75) is 6.92 Å². The zero-order chi connectivity index (χ0) is 21.6. The fraction of sp³-hybridized carbons (Fsp3) is 0.0800. The Bertz CT molecular complexity index is 1190. The Morgan fingerprint density at radius 2 is 1.61 bits per heavy atom. The van der Waals surface area contributed by atoms with Crippen molar-refractivity contribution in [1.82, 2.24) is 9.97 Å². The summed E-state index contributed by atoms with van der Waals surface area (Å²) in [5, 5.41) is 6.02. The Balaban J connectivity index is 1.47. The van der Waals surface area contributed by atoms with Crippen LogP contribution in [0.2, 0.25) is 0 Å². The van der Waals surface area contributed by atoms with Crippen LogP contribution in [-0.4, -0.2) is 23.0 Å². The standard InChI is InChI=1S/C25H22N4O2/c1-17-10-12-18(13-11-17)20-15-26-25(27-16-20)28-21-7-5-6-19(14-21)24(30)29-22-8-3-4-9-23(22)31-2/h3-16H,1-2H3,(H,29,30)(H,26,27,28). The van der Waals surface area contributed by atoms with Crippen molar-refractivity contribution in [2.75, 3.05) is 17.7 Å². The quantitative estimate of drug-likeness (QED) is 0.442. The lowest BCUT2D eigenvalue weighted by molar-refractivity contribution is 0.102. The number of methoxy groups -OCH3 is 1. The smallest absolute Gasteiger partial charge is 0.255 e. The van der Waals surface area contributed by atoms with Gasteiger partial charge in [0.15, 0.2) is 0 Å². The number of anilines is 3. The number of para-hydroxylation sites is 2. The van der Waals surface area contributed by atoms with E-state index in [1.807, 2.05) is 30.3 Å². The van der Waals surface area contributed by atoms with Crippen LogP contribution in [0.1, 0.15) is 15.9 Å². The van der Waals surface area contributed by atoms with Crippen LogP contribution < -0.4 is 15.4 Å². The Morgan fingerprint density at radius 1 is 0.871 bits per heavy atom. The molecule has 0 aliphatic rings.